The van der Waals surface area contributed by atoms with E-state index in [4.69, 9.17) is 9.72 Å². The summed E-state index contributed by atoms with van der Waals surface area (Å²) in [6.07, 6.45) is 1.80. The van der Waals surface area contributed by atoms with Crippen molar-refractivity contribution >= 4 is 34.2 Å². The molecule has 0 spiro atoms. The van der Waals surface area contributed by atoms with Crippen LogP contribution in [0.15, 0.2) is 66.9 Å². The number of fused-ring (bicyclic) bond motifs is 3. The van der Waals surface area contributed by atoms with Gasteiger partial charge in [-0.1, -0.05) is 36.4 Å². The normalized spacial score (nSPS) is 10.5. The molecule has 0 aliphatic heterocycles. The fourth-order valence-corrected chi connectivity index (χ4v) is 2.73. The quantitative estimate of drug-likeness (QED) is 0.493. The lowest BCUT2D eigenvalue weighted by Gasteiger charge is -2.09. The van der Waals surface area contributed by atoms with E-state index in [1.54, 1.807) is 13.3 Å². The van der Waals surface area contributed by atoms with E-state index >= 15 is 0 Å². The van der Waals surface area contributed by atoms with Crippen LogP contribution in [-0.2, 0) is 0 Å². The van der Waals surface area contributed by atoms with Crippen LogP contribution >= 0.6 is 12.4 Å². The number of nitrogens with zero attached hydrogens (tertiary/aromatic N) is 2. The standard InChI is InChI=1S/C19H14N2O.ClH/c1-22-17-7-3-2-6-15(17)16-11-10-14-9-8-13-5-4-12-20-18(13)19(14)21-16;/h2-12H,1H3;1H. The maximum Gasteiger partial charge on any atom is 0.128 e. The molecule has 0 aliphatic carbocycles. The summed E-state index contributed by atoms with van der Waals surface area (Å²) >= 11 is 0. The summed E-state index contributed by atoms with van der Waals surface area (Å²) in [7, 11) is 1.68. The minimum atomic E-state index is 0. The van der Waals surface area contributed by atoms with Crippen LogP contribution in [-0.4, -0.2) is 17.1 Å². The van der Waals surface area contributed by atoms with E-state index in [1.165, 1.54) is 0 Å². The van der Waals surface area contributed by atoms with E-state index in [1.807, 2.05) is 36.4 Å². The number of ether oxygens (including phenoxy) is 1. The number of para-hydroxylation sites is 1. The average molecular weight is 323 g/mol. The highest BCUT2D eigenvalue weighted by Crippen LogP contribution is 2.31. The third-order valence-corrected chi connectivity index (χ3v) is 3.82. The molecule has 0 saturated heterocycles. The van der Waals surface area contributed by atoms with Crippen molar-refractivity contribution in [2.24, 2.45) is 0 Å². The molecule has 23 heavy (non-hydrogen) atoms. The Morgan fingerprint density at radius 2 is 1.52 bits per heavy atom. The SMILES string of the molecule is COc1ccccc1-c1ccc2ccc3cccnc3c2n1.Cl. The molecule has 4 heteroatoms. The topological polar surface area (TPSA) is 35.0 Å². The van der Waals surface area contributed by atoms with Crippen molar-refractivity contribution in [3.8, 4) is 17.0 Å². The summed E-state index contributed by atoms with van der Waals surface area (Å²) in [5, 5.41) is 2.18. The van der Waals surface area contributed by atoms with Crippen molar-refractivity contribution in [2.45, 2.75) is 0 Å². The lowest BCUT2D eigenvalue weighted by atomic mass is 10.1. The molecular weight excluding hydrogens is 308 g/mol. The molecule has 2 aromatic carbocycles. The van der Waals surface area contributed by atoms with Crippen molar-refractivity contribution in [3.05, 3.63) is 66.9 Å². The number of rotatable bonds is 2. The Labute approximate surface area is 140 Å². The molecule has 0 aliphatic rings. The number of hydrogen-bond acceptors (Lipinski definition) is 3. The molecule has 0 atom stereocenters. The second-order valence-corrected chi connectivity index (χ2v) is 5.11. The molecule has 3 nitrogen and oxygen atoms in total. The molecule has 0 amide bonds. The first-order valence-electron chi connectivity index (χ1n) is 7.15. The average Bonchev–Trinajstić information content (AvgIpc) is 2.61. The monoisotopic (exact) mass is 322 g/mol. The first kappa shape index (κ1) is 15.3. The molecule has 0 N–H and O–H groups in total. The molecule has 2 aromatic heterocycles. The highest BCUT2D eigenvalue weighted by atomic mass is 35.5. The molecule has 0 saturated carbocycles. The van der Waals surface area contributed by atoms with E-state index in [9.17, 15) is 0 Å². The largest absolute Gasteiger partial charge is 0.496 e. The zero-order valence-electron chi connectivity index (χ0n) is 12.6. The van der Waals surface area contributed by atoms with Crippen LogP contribution in [0.3, 0.4) is 0 Å². The van der Waals surface area contributed by atoms with Gasteiger partial charge in [0.25, 0.3) is 0 Å². The number of aromatic nitrogens is 2. The second kappa shape index (κ2) is 6.23. The Morgan fingerprint density at radius 3 is 2.35 bits per heavy atom. The third kappa shape index (κ3) is 2.60. The highest BCUT2D eigenvalue weighted by Gasteiger charge is 2.09. The van der Waals surface area contributed by atoms with Crippen LogP contribution < -0.4 is 4.74 Å². The number of pyridine rings is 2. The zero-order chi connectivity index (χ0) is 14.9. The first-order chi connectivity index (χ1) is 10.9. The molecule has 114 valence electrons. The van der Waals surface area contributed by atoms with Gasteiger partial charge in [0, 0.05) is 22.5 Å². The molecule has 0 fully saturated rings. The van der Waals surface area contributed by atoms with E-state index in [0.29, 0.717) is 0 Å². The van der Waals surface area contributed by atoms with E-state index in [0.717, 1.165) is 38.8 Å². The van der Waals surface area contributed by atoms with Gasteiger partial charge in [-0.15, -0.1) is 12.4 Å². The van der Waals surface area contributed by atoms with Crippen LogP contribution in [0.2, 0.25) is 0 Å². The maximum absolute atomic E-state index is 5.44. The predicted molar refractivity (Wildman–Crippen MR) is 96.3 cm³/mol. The summed E-state index contributed by atoms with van der Waals surface area (Å²) in [5.74, 6) is 0.822. The van der Waals surface area contributed by atoms with Gasteiger partial charge in [0.2, 0.25) is 0 Å². The fraction of sp³-hybridized carbons (Fsp3) is 0.0526. The molecular formula is C19H15ClN2O. The molecule has 2 heterocycles. The van der Waals surface area contributed by atoms with E-state index < -0.39 is 0 Å². The Balaban J connectivity index is 0.00000156. The molecule has 0 unspecified atom stereocenters. The van der Waals surface area contributed by atoms with Crippen LogP contribution in [0.5, 0.6) is 5.75 Å². The summed E-state index contributed by atoms with van der Waals surface area (Å²) < 4.78 is 5.44. The first-order valence-corrected chi connectivity index (χ1v) is 7.15. The fourth-order valence-electron chi connectivity index (χ4n) is 2.73. The Kier molecular flexibility index (Phi) is 4.13. The Bertz CT molecular complexity index is 985. The van der Waals surface area contributed by atoms with Crippen molar-refractivity contribution in [1.29, 1.82) is 0 Å². The molecule has 0 bridgehead atoms. The highest BCUT2D eigenvalue weighted by molar-refractivity contribution is 6.03. The molecule has 0 radical (unpaired) electrons. The summed E-state index contributed by atoms with van der Waals surface area (Å²) in [4.78, 5) is 9.33. The van der Waals surface area contributed by atoms with Gasteiger partial charge in [-0.3, -0.25) is 4.98 Å². The predicted octanol–water partition coefficient (Wildman–Crippen LogP) is 4.88. The molecule has 4 rings (SSSR count). The van der Waals surface area contributed by atoms with E-state index in [2.05, 4.69) is 29.2 Å². The zero-order valence-corrected chi connectivity index (χ0v) is 13.4. The van der Waals surface area contributed by atoms with Crippen molar-refractivity contribution in [1.82, 2.24) is 9.97 Å². The van der Waals surface area contributed by atoms with Gasteiger partial charge in [0.05, 0.1) is 23.8 Å². The lowest BCUT2D eigenvalue weighted by molar-refractivity contribution is 0.416. The number of benzene rings is 2. The van der Waals surface area contributed by atoms with E-state index in [-0.39, 0.29) is 12.4 Å². The molecule has 4 aromatic rings. The van der Waals surface area contributed by atoms with Gasteiger partial charge < -0.3 is 4.74 Å². The van der Waals surface area contributed by atoms with Crippen molar-refractivity contribution in [2.75, 3.05) is 7.11 Å². The lowest BCUT2D eigenvalue weighted by Crippen LogP contribution is -1.91. The van der Waals surface area contributed by atoms with Crippen LogP contribution in [0, 0.1) is 0 Å². The number of halogens is 1. The third-order valence-electron chi connectivity index (χ3n) is 3.82. The Morgan fingerprint density at radius 1 is 0.783 bits per heavy atom. The van der Waals surface area contributed by atoms with Gasteiger partial charge in [-0.25, -0.2) is 4.98 Å². The summed E-state index contributed by atoms with van der Waals surface area (Å²) in [5.41, 5.74) is 3.72. The minimum Gasteiger partial charge on any atom is -0.496 e. The second-order valence-electron chi connectivity index (χ2n) is 5.11. The minimum absolute atomic E-state index is 0. The van der Waals surface area contributed by atoms with Gasteiger partial charge in [0.15, 0.2) is 0 Å². The number of hydrogen-bond donors (Lipinski definition) is 0. The van der Waals surface area contributed by atoms with Crippen LogP contribution in [0.1, 0.15) is 0 Å². The summed E-state index contributed by atoms with van der Waals surface area (Å²) in [6.45, 7) is 0. The van der Waals surface area contributed by atoms with Crippen LogP contribution in [0.25, 0.3) is 33.1 Å². The Hall–Kier alpha value is -2.65. The summed E-state index contributed by atoms with van der Waals surface area (Å²) in [6, 6.07) is 20.2. The van der Waals surface area contributed by atoms with Gasteiger partial charge in [0.1, 0.15) is 5.75 Å². The van der Waals surface area contributed by atoms with Gasteiger partial charge in [-0.05, 0) is 24.3 Å². The van der Waals surface area contributed by atoms with Gasteiger partial charge in [-0.2, -0.15) is 0 Å². The van der Waals surface area contributed by atoms with Crippen molar-refractivity contribution in [3.63, 3.8) is 0 Å². The smallest absolute Gasteiger partial charge is 0.128 e. The number of methoxy groups -OCH3 is 1. The van der Waals surface area contributed by atoms with Gasteiger partial charge >= 0.3 is 0 Å². The maximum atomic E-state index is 5.44. The van der Waals surface area contributed by atoms with Crippen LogP contribution in [0.4, 0.5) is 0 Å². The van der Waals surface area contributed by atoms with Crippen molar-refractivity contribution < 1.29 is 4.74 Å².